The van der Waals surface area contributed by atoms with Crippen molar-refractivity contribution in [2.24, 2.45) is 24.8 Å². The van der Waals surface area contributed by atoms with Gasteiger partial charge in [-0.25, -0.2) is 0 Å². The fourth-order valence-corrected chi connectivity index (χ4v) is 3.25. The highest BCUT2D eigenvalue weighted by atomic mass is 15.0. The lowest BCUT2D eigenvalue weighted by Crippen LogP contribution is -2.25. The van der Waals surface area contributed by atoms with E-state index < -0.39 is 0 Å². The second-order valence-electron chi connectivity index (χ2n) is 6.42. The number of nitrogens with one attached hydrogen (secondary N) is 1. The SMILES string of the molecule is Cc1cc(CNCC(C2CC2)C2CC2)c(C)n1C. The van der Waals surface area contributed by atoms with Gasteiger partial charge in [0.25, 0.3) is 0 Å². The Morgan fingerprint density at radius 2 is 1.83 bits per heavy atom. The van der Waals surface area contributed by atoms with Crippen LogP contribution in [0.15, 0.2) is 6.07 Å². The molecule has 100 valence electrons. The van der Waals surface area contributed by atoms with Crippen LogP contribution in [0, 0.1) is 31.6 Å². The van der Waals surface area contributed by atoms with Crippen LogP contribution in [0.1, 0.15) is 42.6 Å². The molecule has 0 saturated heterocycles. The Morgan fingerprint density at radius 3 is 2.28 bits per heavy atom. The lowest BCUT2D eigenvalue weighted by atomic mass is 9.98. The summed E-state index contributed by atoms with van der Waals surface area (Å²) in [5.41, 5.74) is 4.25. The van der Waals surface area contributed by atoms with E-state index >= 15 is 0 Å². The summed E-state index contributed by atoms with van der Waals surface area (Å²) in [5.74, 6) is 3.10. The molecule has 0 unspecified atom stereocenters. The molecule has 1 N–H and O–H groups in total. The first-order valence-corrected chi connectivity index (χ1v) is 7.49. The fraction of sp³-hybridized carbons (Fsp3) is 0.750. The van der Waals surface area contributed by atoms with Gasteiger partial charge < -0.3 is 9.88 Å². The summed E-state index contributed by atoms with van der Waals surface area (Å²) in [6.45, 7) is 6.70. The normalized spacial score (nSPS) is 19.8. The first-order valence-electron chi connectivity index (χ1n) is 7.49. The van der Waals surface area contributed by atoms with Crippen LogP contribution in [0.2, 0.25) is 0 Å². The first-order chi connectivity index (χ1) is 8.66. The van der Waals surface area contributed by atoms with Crippen molar-refractivity contribution in [3.63, 3.8) is 0 Å². The molecule has 1 aromatic heterocycles. The third kappa shape index (κ3) is 2.49. The molecule has 0 atom stereocenters. The van der Waals surface area contributed by atoms with Crippen molar-refractivity contribution in [2.45, 2.75) is 46.1 Å². The van der Waals surface area contributed by atoms with Crippen LogP contribution in [0.5, 0.6) is 0 Å². The van der Waals surface area contributed by atoms with Crippen LogP contribution in [0.25, 0.3) is 0 Å². The molecule has 1 heterocycles. The van der Waals surface area contributed by atoms with Gasteiger partial charge in [-0.2, -0.15) is 0 Å². The zero-order valence-electron chi connectivity index (χ0n) is 12.0. The summed E-state index contributed by atoms with van der Waals surface area (Å²) in [6, 6.07) is 2.32. The molecule has 18 heavy (non-hydrogen) atoms. The van der Waals surface area contributed by atoms with Crippen LogP contribution in [-0.4, -0.2) is 11.1 Å². The minimum atomic E-state index is 0.982. The zero-order chi connectivity index (χ0) is 12.7. The van der Waals surface area contributed by atoms with Gasteiger partial charge in [-0.15, -0.1) is 0 Å². The summed E-state index contributed by atoms with van der Waals surface area (Å²) in [7, 11) is 2.16. The number of hydrogen-bond donors (Lipinski definition) is 1. The largest absolute Gasteiger partial charge is 0.352 e. The molecule has 0 bridgehead atoms. The van der Waals surface area contributed by atoms with Gasteiger partial charge in [0.15, 0.2) is 0 Å². The second-order valence-corrected chi connectivity index (χ2v) is 6.42. The highest BCUT2D eigenvalue weighted by Crippen LogP contribution is 2.48. The molecular formula is C16H26N2. The van der Waals surface area contributed by atoms with Gasteiger partial charge >= 0.3 is 0 Å². The predicted molar refractivity (Wildman–Crippen MR) is 75.5 cm³/mol. The van der Waals surface area contributed by atoms with Gasteiger partial charge in [-0.3, -0.25) is 0 Å². The van der Waals surface area contributed by atoms with Gasteiger partial charge in [-0.05, 0) is 75.5 Å². The standard InChI is InChI=1S/C16H26N2/c1-11-8-15(12(2)18(11)3)9-17-10-16(13-4-5-13)14-6-7-14/h8,13-14,16-17H,4-7,9-10H2,1-3H3. The van der Waals surface area contributed by atoms with Crippen molar-refractivity contribution in [3.05, 3.63) is 23.0 Å². The van der Waals surface area contributed by atoms with E-state index in [4.69, 9.17) is 0 Å². The Kier molecular flexibility index (Phi) is 3.23. The Hall–Kier alpha value is -0.760. The average molecular weight is 246 g/mol. The lowest BCUT2D eigenvalue weighted by Gasteiger charge is -2.16. The van der Waals surface area contributed by atoms with E-state index in [1.165, 1.54) is 49.2 Å². The number of rotatable bonds is 6. The quantitative estimate of drug-likeness (QED) is 0.816. The fourth-order valence-electron chi connectivity index (χ4n) is 3.25. The molecule has 2 nitrogen and oxygen atoms in total. The van der Waals surface area contributed by atoms with Gasteiger partial charge in [0, 0.05) is 25.0 Å². The summed E-state index contributed by atoms with van der Waals surface area (Å²) >= 11 is 0. The number of hydrogen-bond acceptors (Lipinski definition) is 1. The molecule has 3 rings (SSSR count). The molecule has 2 aliphatic carbocycles. The average Bonchev–Trinajstić information content (AvgIpc) is 3.23. The number of aromatic nitrogens is 1. The van der Waals surface area contributed by atoms with Crippen LogP contribution in [-0.2, 0) is 13.6 Å². The van der Waals surface area contributed by atoms with Gasteiger partial charge in [0.05, 0.1) is 0 Å². The molecule has 0 radical (unpaired) electrons. The van der Waals surface area contributed by atoms with Crippen LogP contribution in [0.3, 0.4) is 0 Å². The third-order valence-corrected chi connectivity index (χ3v) is 5.03. The van der Waals surface area contributed by atoms with E-state index in [2.05, 4.69) is 36.8 Å². The van der Waals surface area contributed by atoms with E-state index in [9.17, 15) is 0 Å². The molecule has 2 heteroatoms. The molecule has 2 saturated carbocycles. The van der Waals surface area contributed by atoms with E-state index in [1.807, 2.05) is 0 Å². The Bertz CT molecular complexity index is 413. The maximum Gasteiger partial charge on any atom is 0.0223 e. The highest BCUT2D eigenvalue weighted by molar-refractivity contribution is 5.26. The zero-order valence-corrected chi connectivity index (χ0v) is 12.0. The molecule has 0 aromatic carbocycles. The summed E-state index contributed by atoms with van der Waals surface area (Å²) in [6.07, 6.45) is 5.97. The van der Waals surface area contributed by atoms with Crippen molar-refractivity contribution < 1.29 is 0 Å². The maximum atomic E-state index is 3.71. The number of aryl methyl sites for hydroxylation is 1. The summed E-state index contributed by atoms with van der Waals surface area (Å²) in [4.78, 5) is 0. The van der Waals surface area contributed by atoms with E-state index in [0.717, 1.165) is 24.3 Å². The van der Waals surface area contributed by atoms with Crippen LogP contribution >= 0.6 is 0 Å². The van der Waals surface area contributed by atoms with Crippen molar-refractivity contribution in [1.82, 2.24) is 9.88 Å². The summed E-state index contributed by atoms with van der Waals surface area (Å²) < 4.78 is 2.29. The molecule has 1 aromatic rings. The third-order valence-electron chi connectivity index (χ3n) is 5.03. The minimum Gasteiger partial charge on any atom is -0.352 e. The van der Waals surface area contributed by atoms with Crippen molar-refractivity contribution >= 4 is 0 Å². The Balaban J connectivity index is 1.52. The lowest BCUT2D eigenvalue weighted by molar-refractivity contribution is 0.378. The minimum absolute atomic E-state index is 0.982. The maximum absolute atomic E-state index is 3.71. The Morgan fingerprint density at radius 1 is 1.22 bits per heavy atom. The van der Waals surface area contributed by atoms with Crippen LogP contribution < -0.4 is 5.32 Å². The van der Waals surface area contributed by atoms with Crippen molar-refractivity contribution in [1.29, 1.82) is 0 Å². The van der Waals surface area contributed by atoms with Gasteiger partial charge in [-0.1, -0.05) is 0 Å². The molecule has 0 amide bonds. The first kappa shape index (κ1) is 12.3. The van der Waals surface area contributed by atoms with E-state index in [-0.39, 0.29) is 0 Å². The molecule has 2 fully saturated rings. The van der Waals surface area contributed by atoms with Gasteiger partial charge in [0.2, 0.25) is 0 Å². The Labute approximate surface area is 111 Å². The smallest absolute Gasteiger partial charge is 0.0223 e. The number of nitrogens with zero attached hydrogens (tertiary/aromatic N) is 1. The topological polar surface area (TPSA) is 17.0 Å². The van der Waals surface area contributed by atoms with Crippen LogP contribution in [0.4, 0.5) is 0 Å². The summed E-state index contributed by atoms with van der Waals surface area (Å²) in [5, 5.41) is 3.71. The van der Waals surface area contributed by atoms with E-state index in [0.29, 0.717) is 0 Å². The molecule has 2 aliphatic rings. The molecule has 0 spiro atoms. The van der Waals surface area contributed by atoms with E-state index in [1.54, 1.807) is 0 Å². The molecule has 0 aliphatic heterocycles. The molecular weight excluding hydrogens is 220 g/mol. The van der Waals surface area contributed by atoms with Crippen molar-refractivity contribution in [2.75, 3.05) is 6.54 Å². The van der Waals surface area contributed by atoms with Crippen molar-refractivity contribution in [3.8, 4) is 0 Å². The monoisotopic (exact) mass is 246 g/mol. The van der Waals surface area contributed by atoms with Gasteiger partial charge in [0.1, 0.15) is 0 Å². The predicted octanol–water partition coefficient (Wildman–Crippen LogP) is 3.17. The second kappa shape index (κ2) is 4.73. The highest BCUT2D eigenvalue weighted by Gasteiger charge is 2.40.